The fourth-order valence-corrected chi connectivity index (χ4v) is 6.75. The molecule has 2 aliphatic carbocycles. The van der Waals surface area contributed by atoms with Crippen LogP contribution in [0.1, 0.15) is 78.5 Å². The highest BCUT2D eigenvalue weighted by molar-refractivity contribution is 6.03. The molecular weight excluding hydrogens is 570 g/mol. The summed E-state index contributed by atoms with van der Waals surface area (Å²) in [6.45, 7) is 14.4. The Bertz CT molecular complexity index is 1490. The molecule has 3 aliphatic rings. The Kier molecular flexibility index (Phi) is 9.37. The van der Waals surface area contributed by atoms with Gasteiger partial charge in [-0.1, -0.05) is 33.3 Å². The van der Waals surface area contributed by atoms with E-state index in [0.717, 1.165) is 44.0 Å². The monoisotopic (exact) mass is 617 g/mol. The van der Waals surface area contributed by atoms with Crippen molar-refractivity contribution in [3.63, 3.8) is 0 Å². The van der Waals surface area contributed by atoms with Crippen molar-refractivity contribution >= 4 is 40.8 Å². The van der Waals surface area contributed by atoms with Crippen molar-refractivity contribution in [2.45, 2.75) is 91.3 Å². The molecule has 2 aromatic heterocycles. The minimum absolute atomic E-state index is 0.0419. The number of rotatable bonds is 8. The van der Waals surface area contributed by atoms with Crippen molar-refractivity contribution in [2.75, 3.05) is 29.9 Å². The number of imidazole rings is 1. The number of piperazine rings is 1. The highest BCUT2D eigenvalue weighted by Crippen LogP contribution is 2.37. The zero-order valence-corrected chi connectivity index (χ0v) is 27.0. The van der Waals surface area contributed by atoms with E-state index in [9.17, 15) is 14.7 Å². The van der Waals surface area contributed by atoms with Crippen molar-refractivity contribution in [3.05, 3.63) is 18.5 Å². The second kappa shape index (κ2) is 13.1. The van der Waals surface area contributed by atoms with E-state index < -0.39 is 17.3 Å². The summed E-state index contributed by atoms with van der Waals surface area (Å²) < 4.78 is 2.20. The third kappa shape index (κ3) is 6.92. The molecular formula is C33H47N9O3. The molecule has 2 saturated carbocycles. The molecule has 0 radical (unpaired) electrons. The summed E-state index contributed by atoms with van der Waals surface area (Å²) in [5, 5.41) is 23.3. The van der Waals surface area contributed by atoms with Gasteiger partial charge in [-0.2, -0.15) is 4.98 Å². The average molecular weight is 618 g/mol. The van der Waals surface area contributed by atoms with Crippen LogP contribution in [0.3, 0.4) is 0 Å². The predicted molar refractivity (Wildman–Crippen MR) is 175 cm³/mol. The Morgan fingerprint density at radius 2 is 1.87 bits per heavy atom. The van der Waals surface area contributed by atoms with E-state index in [-0.39, 0.29) is 23.8 Å². The number of fused-ring (bicyclic) bond motifs is 1. The Morgan fingerprint density at radius 1 is 1.16 bits per heavy atom. The van der Waals surface area contributed by atoms with Crippen LogP contribution >= 0.6 is 0 Å². The first kappa shape index (κ1) is 32.3. The van der Waals surface area contributed by atoms with Gasteiger partial charge < -0.3 is 24.8 Å². The van der Waals surface area contributed by atoms with Crippen molar-refractivity contribution < 1.29 is 14.7 Å². The van der Waals surface area contributed by atoms with Gasteiger partial charge >= 0.3 is 6.09 Å². The molecule has 12 heteroatoms. The van der Waals surface area contributed by atoms with Crippen LogP contribution in [0.2, 0.25) is 0 Å². The topological polar surface area (TPSA) is 152 Å². The van der Waals surface area contributed by atoms with E-state index in [1.54, 1.807) is 0 Å². The zero-order valence-electron chi connectivity index (χ0n) is 27.0. The number of carbonyl (C=O) groups excluding carboxylic acids is 1. The molecule has 0 unspecified atom stereocenters. The molecule has 2 amide bonds. The maximum Gasteiger partial charge on any atom is 0.410 e. The number of amidine groups is 1. The summed E-state index contributed by atoms with van der Waals surface area (Å²) in [4.78, 5) is 43.1. The van der Waals surface area contributed by atoms with Crippen molar-refractivity contribution in [3.8, 4) is 12.3 Å². The van der Waals surface area contributed by atoms with Gasteiger partial charge in [-0.3, -0.25) is 15.5 Å². The Morgan fingerprint density at radius 3 is 2.44 bits per heavy atom. The Hall–Kier alpha value is -4.14. The summed E-state index contributed by atoms with van der Waals surface area (Å²) >= 11 is 0. The minimum atomic E-state index is -1.36. The fraction of sp³-hybridized carbons (Fsp3) is 0.636. The van der Waals surface area contributed by atoms with Gasteiger partial charge in [-0.15, -0.1) is 18.9 Å². The van der Waals surface area contributed by atoms with E-state index in [1.807, 2.05) is 31.7 Å². The molecule has 242 valence electrons. The van der Waals surface area contributed by atoms with E-state index in [0.29, 0.717) is 61.3 Å². The fourth-order valence-electron chi connectivity index (χ4n) is 6.75. The van der Waals surface area contributed by atoms with Crippen LogP contribution in [0.5, 0.6) is 0 Å². The van der Waals surface area contributed by atoms with Crippen LogP contribution in [0.25, 0.3) is 11.2 Å². The summed E-state index contributed by atoms with van der Waals surface area (Å²) in [6.07, 6.45) is 13.7. The maximum absolute atomic E-state index is 13.2. The minimum Gasteiger partial charge on any atom is -0.465 e. The van der Waals surface area contributed by atoms with Gasteiger partial charge in [0.25, 0.3) is 0 Å². The molecule has 2 aromatic rings. The second-order valence-electron chi connectivity index (χ2n) is 13.9. The lowest BCUT2D eigenvalue weighted by Gasteiger charge is -2.42. The van der Waals surface area contributed by atoms with Crippen LogP contribution in [0.15, 0.2) is 12.7 Å². The van der Waals surface area contributed by atoms with E-state index in [4.69, 9.17) is 21.8 Å². The summed E-state index contributed by atoms with van der Waals surface area (Å²) in [7, 11) is 0. The van der Waals surface area contributed by atoms with E-state index >= 15 is 0 Å². The van der Waals surface area contributed by atoms with Gasteiger partial charge in [-0.05, 0) is 57.3 Å². The number of hydrogen-bond acceptors (Lipinski definition) is 8. The largest absolute Gasteiger partial charge is 0.465 e. The normalized spacial score (nSPS) is 23.1. The molecule has 3 heterocycles. The number of anilines is 2. The SMILES string of the molecule is C#CC1CCC(Cn2c(N3CCN(C(=O)C(C)(C)C)C[C@H]3C=C)nc3nc(C(=N)NC(=O)O)nc(N[C@H](C)C4CCC4)c32)CC1. The quantitative estimate of drug-likeness (QED) is 0.144. The van der Waals surface area contributed by atoms with Gasteiger partial charge in [-0.25, -0.2) is 14.8 Å². The third-order valence-electron chi connectivity index (χ3n) is 9.66. The zero-order chi connectivity index (χ0) is 32.5. The van der Waals surface area contributed by atoms with E-state index in [2.05, 4.69) is 44.5 Å². The molecule has 3 fully saturated rings. The number of amides is 2. The molecule has 1 aliphatic heterocycles. The molecule has 1 saturated heterocycles. The molecule has 0 aromatic carbocycles. The van der Waals surface area contributed by atoms with Crippen molar-refractivity contribution in [1.29, 1.82) is 5.41 Å². The highest BCUT2D eigenvalue weighted by atomic mass is 16.4. The van der Waals surface area contributed by atoms with Crippen LogP contribution < -0.4 is 15.5 Å². The molecule has 4 N–H and O–H groups in total. The number of carbonyl (C=O) groups is 2. The number of hydrogen-bond donors (Lipinski definition) is 4. The summed E-state index contributed by atoms with van der Waals surface area (Å²) in [6, 6.07) is -0.0560. The average Bonchev–Trinajstić information content (AvgIpc) is 3.33. The molecule has 0 spiro atoms. The van der Waals surface area contributed by atoms with Gasteiger partial charge in [0.05, 0.1) is 6.04 Å². The van der Waals surface area contributed by atoms with Gasteiger partial charge in [0.2, 0.25) is 11.9 Å². The second-order valence-corrected chi connectivity index (χ2v) is 13.9. The smallest absolute Gasteiger partial charge is 0.410 e. The summed E-state index contributed by atoms with van der Waals surface area (Å²) in [5.74, 6) is 5.01. The first-order valence-electron chi connectivity index (χ1n) is 16.2. The molecule has 12 nitrogen and oxygen atoms in total. The maximum atomic E-state index is 13.2. The first-order chi connectivity index (χ1) is 21.4. The van der Waals surface area contributed by atoms with Gasteiger partial charge in [0.15, 0.2) is 23.1 Å². The highest BCUT2D eigenvalue weighted by Gasteiger charge is 2.36. The van der Waals surface area contributed by atoms with Crippen LogP contribution in [-0.4, -0.2) is 79.1 Å². The number of nitrogens with one attached hydrogen (secondary N) is 3. The standard InChI is InChI=1S/C33H47N9O3/c1-7-21-12-14-22(15-13-21)18-42-25-27(35-20(3)23-10-9-11-23)37-29(26(34)36-32(44)45)38-28(25)39-31(42)41-17-16-40(19-24(41)8-2)30(43)33(4,5)6/h1,8,20-24H,2,9-19H2,3-6H3,(H2,34,36)(H,44,45)(H,35,37,38)/t20-,21?,22?,24-/m1/s1. The number of nitrogens with zero attached hydrogens (tertiary/aromatic N) is 6. The molecule has 0 bridgehead atoms. The predicted octanol–water partition coefficient (Wildman–Crippen LogP) is 4.71. The van der Waals surface area contributed by atoms with Crippen LogP contribution in [0.4, 0.5) is 16.6 Å². The Labute approximate surface area is 265 Å². The first-order valence-corrected chi connectivity index (χ1v) is 16.2. The number of aromatic nitrogens is 4. The van der Waals surface area contributed by atoms with Crippen molar-refractivity contribution in [1.82, 2.24) is 29.7 Å². The lowest BCUT2D eigenvalue weighted by Crippen LogP contribution is -2.56. The van der Waals surface area contributed by atoms with Crippen LogP contribution in [-0.2, 0) is 11.3 Å². The molecule has 5 rings (SSSR count). The summed E-state index contributed by atoms with van der Waals surface area (Å²) in [5.41, 5.74) is 0.637. The van der Waals surface area contributed by atoms with Gasteiger partial charge in [0, 0.05) is 43.6 Å². The van der Waals surface area contributed by atoms with E-state index in [1.165, 1.54) is 6.42 Å². The molecule has 45 heavy (non-hydrogen) atoms. The van der Waals surface area contributed by atoms with Crippen LogP contribution in [0, 0.1) is 40.9 Å². The lowest BCUT2D eigenvalue weighted by molar-refractivity contribution is -0.140. The number of carboxylic acid groups (broad SMARTS) is 1. The third-order valence-corrected chi connectivity index (χ3v) is 9.66. The number of terminal acetylenes is 1. The lowest BCUT2D eigenvalue weighted by atomic mass is 9.80. The molecule has 2 atom stereocenters. The van der Waals surface area contributed by atoms with Crippen molar-refractivity contribution in [2.24, 2.45) is 23.2 Å². The Balaban J connectivity index is 1.60. The van der Waals surface area contributed by atoms with Gasteiger partial charge in [0.1, 0.15) is 5.52 Å².